The number of hydrogen-bond acceptors (Lipinski definition) is 6. The standard InChI is InChI=1S/C15H18N4O3/c1-10-14(11(2)22-18-10)15(20)19-7-3-4-12(9-19)21-13-8-16-5-6-17-13/h5-6,8,12H,3-4,7,9H2,1-2H3. The van der Waals surface area contributed by atoms with E-state index in [-0.39, 0.29) is 12.0 Å². The van der Waals surface area contributed by atoms with Gasteiger partial charge in [-0.2, -0.15) is 0 Å². The van der Waals surface area contributed by atoms with Crippen molar-refractivity contribution in [1.82, 2.24) is 20.0 Å². The number of carbonyl (C=O) groups is 1. The summed E-state index contributed by atoms with van der Waals surface area (Å²) in [6, 6.07) is 0. The molecule has 0 spiro atoms. The van der Waals surface area contributed by atoms with Crippen molar-refractivity contribution in [3.8, 4) is 5.88 Å². The molecule has 0 aromatic carbocycles. The number of aromatic nitrogens is 3. The number of aryl methyl sites for hydroxylation is 2. The van der Waals surface area contributed by atoms with Crippen molar-refractivity contribution >= 4 is 5.91 Å². The third kappa shape index (κ3) is 2.93. The van der Waals surface area contributed by atoms with Gasteiger partial charge in [0.1, 0.15) is 17.4 Å². The third-order valence-electron chi connectivity index (χ3n) is 3.74. The molecule has 1 aliphatic heterocycles. The smallest absolute Gasteiger partial charge is 0.259 e. The zero-order valence-electron chi connectivity index (χ0n) is 12.7. The Morgan fingerprint density at radius 3 is 2.95 bits per heavy atom. The van der Waals surface area contributed by atoms with Gasteiger partial charge in [-0.3, -0.25) is 9.78 Å². The van der Waals surface area contributed by atoms with Gasteiger partial charge in [0.25, 0.3) is 5.91 Å². The first-order valence-electron chi connectivity index (χ1n) is 7.30. The molecule has 1 atom stereocenters. The number of rotatable bonds is 3. The highest BCUT2D eigenvalue weighted by Gasteiger charge is 2.29. The summed E-state index contributed by atoms with van der Waals surface area (Å²) in [7, 11) is 0. The lowest BCUT2D eigenvalue weighted by Crippen LogP contribution is -2.44. The molecule has 1 aliphatic rings. The van der Waals surface area contributed by atoms with Crippen LogP contribution in [-0.4, -0.2) is 45.1 Å². The van der Waals surface area contributed by atoms with E-state index in [1.165, 1.54) is 0 Å². The van der Waals surface area contributed by atoms with Crippen LogP contribution in [0.1, 0.15) is 34.7 Å². The van der Waals surface area contributed by atoms with Crippen LogP contribution in [0.3, 0.4) is 0 Å². The summed E-state index contributed by atoms with van der Waals surface area (Å²) in [4.78, 5) is 22.5. The van der Waals surface area contributed by atoms with E-state index in [1.807, 2.05) is 0 Å². The van der Waals surface area contributed by atoms with Crippen LogP contribution in [0.15, 0.2) is 23.1 Å². The van der Waals surface area contributed by atoms with E-state index >= 15 is 0 Å². The summed E-state index contributed by atoms with van der Waals surface area (Å²) in [5, 5.41) is 3.85. The maximum Gasteiger partial charge on any atom is 0.259 e. The highest BCUT2D eigenvalue weighted by atomic mass is 16.5. The van der Waals surface area contributed by atoms with Crippen LogP contribution >= 0.6 is 0 Å². The van der Waals surface area contributed by atoms with Crippen molar-refractivity contribution in [2.24, 2.45) is 0 Å². The van der Waals surface area contributed by atoms with Gasteiger partial charge in [0.05, 0.1) is 18.4 Å². The fourth-order valence-electron chi connectivity index (χ4n) is 2.68. The van der Waals surface area contributed by atoms with Crippen LogP contribution in [-0.2, 0) is 0 Å². The van der Waals surface area contributed by atoms with Gasteiger partial charge in [-0.15, -0.1) is 0 Å². The molecule has 0 radical (unpaired) electrons. The van der Waals surface area contributed by atoms with Gasteiger partial charge in [-0.25, -0.2) is 4.98 Å². The lowest BCUT2D eigenvalue weighted by Gasteiger charge is -2.32. The Bertz CT molecular complexity index is 637. The number of hydrogen-bond donors (Lipinski definition) is 0. The molecule has 7 nitrogen and oxygen atoms in total. The van der Waals surface area contributed by atoms with Crippen molar-refractivity contribution in [1.29, 1.82) is 0 Å². The molecular weight excluding hydrogens is 284 g/mol. The van der Waals surface area contributed by atoms with Crippen LogP contribution in [0.5, 0.6) is 5.88 Å². The Hall–Kier alpha value is -2.44. The maximum absolute atomic E-state index is 12.6. The number of carbonyl (C=O) groups excluding carboxylic acids is 1. The van der Waals surface area contributed by atoms with Crippen LogP contribution in [0.25, 0.3) is 0 Å². The molecule has 0 aliphatic carbocycles. The molecule has 116 valence electrons. The van der Waals surface area contributed by atoms with Gasteiger partial charge in [0.2, 0.25) is 5.88 Å². The lowest BCUT2D eigenvalue weighted by atomic mass is 10.1. The molecule has 1 amide bonds. The van der Waals surface area contributed by atoms with Crippen LogP contribution in [0, 0.1) is 13.8 Å². The second kappa shape index (κ2) is 6.13. The normalized spacial score (nSPS) is 18.3. The Morgan fingerprint density at radius 2 is 2.27 bits per heavy atom. The van der Waals surface area contributed by atoms with Gasteiger partial charge in [-0.1, -0.05) is 5.16 Å². The van der Waals surface area contributed by atoms with Crippen molar-refractivity contribution in [2.45, 2.75) is 32.8 Å². The molecular formula is C15H18N4O3. The first-order valence-corrected chi connectivity index (χ1v) is 7.30. The fraction of sp³-hybridized carbons (Fsp3) is 0.467. The molecule has 7 heteroatoms. The summed E-state index contributed by atoms with van der Waals surface area (Å²) < 4.78 is 10.9. The predicted molar refractivity (Wildman–Crippen MR) is 77.6 cm³/mol. The minimum atomic E-state index is -0.0742. The van der Waals surface area contributed by atoms with E-state index < -0.39 is 0 Å². The van der Waals surface area contributed by atoms with Crippen molar-refractivity contribution in [3.05, 3.63) is 35.6 Å². The number of likely N-dealkylation sites (tertiary alicyclic amines) is 1. The molecule has 0 N–H and O–H groups in total. The average molecular weight is 302 g/mol. The minimum absolute atomic E-state index is 0.0521. The minimum Gasteiger partial charge on any atom is -0.471 e. The number of ether oxygens (including phenoxy) is 1. The molecule has 0 saturated carbocycles. The van der Waals surface area contributed by atoms with Crippen molar-refractivity contribution in [2.75, 3.05) is 13.1 Å². The summed E-state index contributed by atoms with van der Waals surface area (Å²) in [5.74, 6) is 0.988. The molecule has 0 bridgehead atoms. The average Bonchev–Trinajstić information content (AvgIpc) is 2.87. The molecule has 1 unspecified atom stereocenters. The van der Waals surface area contributed by atoms with E-state index in [0.717, 1.165) is 12.8 Å². The van der Waals surface area contributed by atoms with E-state index in [1.54, 1.807) is 37.3 Å². The van der Waals surface area contributed by atoms with E-state index in [4.69, 9.17) is 9.26 Å². The topological polar surface area (TPSA) is 81.4 Å². The van der Waals surface area contributed by atoms with E-state index in [9.17, 15) is 4.79 Å². The van der Waals surface area contributed by atoms with Gasteiger partial charge in [0.15, 0.2) is 0 Å². The number of amides is 1. The van der Waals surface area contributed by atoms with Gasteiger partial charge >= 0.3 is 0 Å². The SMILES string of the molecule is Cc1noc(C)c1C(=O)N1CCCC(Oc2cnccn2)C1. The molecule has 1 saturated heterocycles. The molecule has 3 heterocycles. The van der Waals surface area contributed by atoms with Crippen LogP contribution < -0.4 is 4.74 Å². The monoisotopic (exact) mass is 302 g/mol. The van der Waals surface area contributed by atoms with E-state index in [2.05, 4.69) is 15.1 Å². The van der Waals surface area contributed by atoms with Crippen molar-refractivity contribution < 1.29 is 14.1 Å². The first-order chi connectivity index (χ1) is 10.6. The van der Waals surface area contributed by atoms with Gasteiger partial charge in [-0.05, 0) is 26.7 Å². The Balaban J connectivity index is 1.69. The Morgan fingerprint density at radius 1 is 1.41 bits per heavy atom. The molecule has 2 aromatic heterocycles. The highest BCUT2D eigenvalue weighted by molar-refractivity contribution is 5.96. The summed E-state index contributed by atoms with van der Waals surface area (Å²) in [5.41, 5.74) is 1.18. The van der Waals surface area contributed by atoms with E-state index in [0.29, 0.717) is 36.0 Å². The second-order valence-electron chi connectivity index (χ2n) is 5.38. The highest BCUT2D eigenvalue weighted by Crippen LogP contribution is 2.20. The van der Waals surface area contributed by atoms with Gasteiger partial charge < -0.3 is 14.2 Å². The molecule has 22 heavy (non-hydrogen) atoms. The summed E-state index contributed by atoms with van der Waals surface area (Å²) in [6.45, 7) is 4.77. The Kier molecular flexibility index (Phi) is 4.04. The quantitative estimate of drug-likeness (QED) is 0.859. The largest absolute Gasteiger partial charge is 0.471 e. The fourth-order valence-corrected chi connectivity index (χ4v) is 2.68. The summed E-state index contributed by atoms with van der Waals surface area (Å²) in [6.07, 6.45) is 6.47. The zero-order valence-corrected chi connectivity index (χ0v) is 12.7. The lowest BCUT2D eigenvalue weighted by molar-refractivity contribution is 0.0524. The maximum atomic E-state index is 12.6. The van der Waals surface area contributed by atoms with Crippen molar-refractivity contribution in [3.63, 3.8) is 0 Å². The van der Waals surface area contributed by atoms with Crippen LogP contribution in [0.4, 0.5) is 0 Å². The number of nitrogens with zero attached hydrogens (tertiary/aromatic N) is 4. The first kappa shape index (κ1) is 14.5. The second-order valence-corrected chi connectivity index (χ2v) is 5.38. The van der Waals surface area contributed by atoms with Gasteiger partial charge in [0, 0.05) is 18.9 Å². The molecule has 1 fully saturated rings. The third-order valence-corrected chi connectivity index (χ3v) is 3.74. The number of piperidine rings is 1. The molecule has 3 rings (SSSR count). The van der Waals surface area contributed by atoms with Crippen LogP contribution in [0.2, 0.25) is 0 Å². The summed E-state index contributed by atoms with van der Waals surface area (Å²) >= 11 is 0. The predicted octanol–water partition coefficient (Wildman–Crippen LogP) is 1.77. The molecule has 2 aromatic rings. The zero-order chi connectivity index (χ0) is 15.5. The Labute approximate surface area is 128 Å².